The first-order chi connectivity index (χ1) is 7.42. The highest BCUT2D eigenvalue weighted by molar-refractivity contribution is 5.26. The molecule has 2 rings (SSSR count). The van der Waals surface area contributed by atoms with Crippen LogP contribution in [-0.2, 0) is 4.74 Å². The molecule has 0 aliphatic carbocycles. The zero-order valence-corrected chi connectivity index (χ0v) is 8.94. The third kappa shape index (κ3) is 2.36. The molecule has 2 heterocycles. The summed E-state index contributed by atoms with van der Waals surface area (Å²) in [5.41, 5.74) is 2.55. The van der Waals surface area contributed by atoms with Gasteiger partial charge in [0, 0.05) is 12.4 Å². The number of hydrogen-bond acceptors (Lipinski definition) is 3. The van der Waals surface area contributed by atoms with Crippen LogP contribution in [0.4, 0.5) is 0 Å². The largest absolute Gasteiger partial charge is 0.501 e. The smallest absolute Gasteiger partial charge is 0.0876 e. The number of aromatic nitrogens is 1. The maximum atomic E-state index is 5.37. The van der Waals surface area contributed by atoms with Crippen LogP contribution in [-0.4, -0.2) is 18.6 Å². The summed E-state index contributed by atoms with van der Waals surface area (Å²) in [4.78, 5) is 4.03. The van der Waals surface area contributed by atoms with E-state index in [0.717, 1.165) is 19.4 Å². The quantitative estimate of drug-likeness (QED) is 0.818. The van der Waals surface area contributed by atoms with Crippen molar-refractivity contribution in [1.82, 2.24) is 10.3 Å². The molecule has 1 aliphatic heterocycles. The van der Waals surface area contributed by atoms with Crippen LogP contribution >= 0.6 is 0 Å². The van der Waals surface area contributed by atoms with Crippen molar-refractivity contribution >= 4 is 0 Å². The zero-order valence-electron chi connectivity index (χ0n) is 8.94. The van der Waals surface area contributed by atoms with E-state index in [1.54, 1.807) is 0 Å². The lowest BCUT2D eigenvalue weighted by atomic mass is 9.96. The molecule has 0 amide bonds. The predicted octanol–water partition coefficient (Wildman–Crippen LogP) is 2.04. The van der Waals surface area contributed by atoms with Crippen molar-refractivity contribution in [2.24, 2.45) is 0 Å². The molecule has 0 fully saturated rings. The van der Waals surface area contributed by atoms with E-state index in [9.17, 15) is 0 Å². The van der Waals surface area contributed by atoms with Gasteiger partial charge >= 0.3 is 0 Å². The second-order valence-electron chi connectivity index (χ2n) is 3.67. The van der Waals surface area contributed by atoms with E-state index in [1.807, 2.05) is 37.8 Å². The van der Waals surface area contributed by atoms with E-state index in [2.05, 4.69) is 10.3 Å². The average Bonchev–Trinajstić information content (AvgIpc) is 2.33. The van der Waals surface area contributed by atoms with E-state index < -0.39 is 0 Å². The van der Waals surface area contributed by atoms with Crippen molar-refractivity contribution in [2.45, 2.75) is 18.9 Å². The molecule has 0 saturated heterocycles. The van der Waals surface area contributed by atoms with Gasteiger partial charge in [0.1, 0.15) is 0 Å². The van der Waals surface area contributed by atoms with Crippen LogP contribution in [0.3, 0.4) is 0 Å². The summed E-state index contributed by atoms with van der Waals surface area (Å²) in [5, 5.41) is 3.31. The number of nitrogens with zero attached hydrogens (tertiary/aromatic N) is 1. The maximum absolute atomic E-state index is 5.37. The Morgan fingerprint density at radius 3 is 2.80 bits per heavy atom. The second kappa shape index (κ2) is 4.94. The maximum Gasteiger partial charge on any atom is 0.0876 e. The topological polar surface area (TPSA) is 34.1 Å². The number of pyridine rings is 1. The summed E-state index contributed by atoms with van der Waals surface area (Å²) in [6.07, 6.45) is 7.75. The van der Waals surface area contributed by atoms with E-state index in [1.165, 1.54) is 11.1 Å². The third-order valence-corrected chi connectivity index (χ3v) is 2.66. The predicted molar refractivity (Wildman–Crippen MR) is 59.3 cm³/mol. The van der Waals surface area contributed by atoms with Gasteiger partial charge in [-0.05, 0) is 43.2 Å². The first kappa shape index (κ1) is 10.2. The third-order valence-electron chi connectivity index (χ3n) is 2.66. The molecule has 0 spiro atoms. The fraction of sp³-hybridized carbons (Fsp3) is 0.417. The Kier molecular flexibility index (Phi) is 3.35. The molecule has 0 aromatic carbocycles. The van der Waals surface area contributed by atoms with Crippen molar-refractivity contribution in [3.8, 4) is 0 Å². The van der Waals surface area contributed by atoms with Gasteiger partial charge in [0.25, 0.3) is 0 Å². The highest BCUT2D eigenvalue weighted by atomic mass is 16.5. The molecule has 3 nitrogen and oxygen atoms in total. The van der Waals surface area contributed by atoms with Crippen molar-refractivity contribution < 1.29 is 4.74 Å². The molecule has 15 heavy (non-hydrogen) atoms. The van der Waals surface area contributed by atoms with Crippen molar-refractivity contribution in [1.29, 1.82) is 0 Å². The van der Waals surface area contributed by atoms with Crippen LogP contribution in [0.15, 0.2) is 36.4 Å². The summed E-state index contributed by atoms with van der Waals surface area (Å²) in [5.74, 6) is 0. The van der Waals surface area contributed by atoms with Crippen LogP contribution in [0.25, 0.3) is 0 Å². The molecule has 0 bridgehead atoms. The standard InChI is InChI=1S/C12H16N2O/c1-13-12(10-4-6-14-7-5-10)11-3-2-8-15-9-11/h4-7,9,12-13H,2-3,8H2,1H3. The molecule has 1 atom stereocenters. The van der Waals surface area contributed by atoms with Gasteiger partial charge in [-0.1, -0.05) is 0 Å². The molecular weight excluding hydrogens is 188 g/mol. The first-order valence-corrected chi connectivity index (χ1v) is 5.29. The van der Waals surface area contributed by atoms with Gasteiger partial charge in [-0.3, -0.25) is 4.98 Å². The van der Waals surface area contributed by atoms with Gasteiger partial charge in [0.2, 0.25) is 0 Å². The van der Waals surface area contributed by atoms with Crippen LogP contribution < -0.4 is 5.32 Å². The SMILES string of the molecule is CNC(C1=COCCC1)c1ccncc1. The normalized spacial score (nSPS) is 17.8. The minimum atomic E-state index is 0.258. The molecule has 1 N–H and O–H groups in total. The Hall–Kier alpha value is -1.35. The second-order valence-corrected chi connectivity index (χ2v) is 3.67. The van der Waals surface area contributed by atoms with Gasteiger partial charge in [0.05, 0.1) is 18.9 Å². The first-order valence-electron chi connectivity index (χ1n) is 5.29. The zero-order chi connectivity index (χ0) is 10.5. The molecule has 3 heteroatoms. The Balaban J connectivity index is 2.20. The molecule has 80 valence electrons. The summed E-state index contributed by atoms with van der Waals surface area (Å²) in [7, 11) is 1.97. The van der Waals surface area contributed by atoms with Crippen molar-refractivity contribution in [2.75, 3.05) is 13.7 Å². The monoisotopic (exact) mass is 204 g/mol. The number of rotatable bonds is 3. The van der Waals surface area contributed by atoms with Crippen LogP contribution in [0.5, 0.6) is 0 Å². The molecule has 1 unspecified atom stereocenters. The van der Waals surface area contributed by atoms with Gasteiger partial charge < -0.3 is 10.1 Å². The Morgan fingerprint density at radius 1 is 1.40 bits per heavy atom. The number of hydrogen-bond donors (Lipinski definition) is 1. The van der Waals surface area contributed by atoms with E-state index in [-0.39, 0.29) is 6.04 Å². The molecule has 1 aromatic heterocycles. The number of likely N-dealkylation sites (N-methyl/N-ethyl adjacent to an activating group) is 1. The average molecular weight is 204 g/mol. The minimum Gasteiger partial charge on any atom is -0.501 e. The van der Waals surface area contributed by atoms with Gasteiger partial charge in [-0.25, -0.2) is 0 Å². The fourth-order valence-electron chi connectivity index (χ4n) is 1.92. The van der Waals surface area contributed by atoms with E-state index >= 15 is 0 Å². The number of ether oxygens (including phenoxy) is 1. The lowest BCUT2D eigenvalue weighted by Gasteiger charge is -2.23. The van der Waals surface area contributed by atoms with Crippen LogP contribution in [0.2, 0.25) is 0 Å². The highest BCUT2D eigenvalue weighted by Gasteiger charge is 2.16. The lowest BCUT2D eigenvalue weighted by molar-refractivity contribution is 0.220. The summed E-state index contributed by atoms with van der Waals surface area (Å²) in [6.45, 7) is 0.844. The van der Waals surface area contributed by atoms with Crippen LogP contribution in [0, 0.1) is 0 Å². The van der Waals surface area contributed by atoms with Crippen LogP contribution in [0.1, 0.15) is 24.4 Å². The summed E-state index contributed by atoms with van der Waals surface area (Å²) in [6, 6.07) is 4.33. The van der Waals surface area contributed by atoms with Crippen molar-refractivity contribution in [3.05, 3.63) is 41.9 Å². The highest BCUT2D eigenvalue weighted by Crippen LogP contribution is 2.26. The molecule has 0 saturated carbocycles. The molecule has 1 aliphatic rings. The van der Waals surface area contributed by atoms with E-state index in [0.29, 0.717) is 0 Å². The molecular formula is C12H16N2O. The van der Waals surface area contributed by atoms with Gasteiger partial charge in [0.15, 0.2) is 0 Å². The molecule has 1 aromatic rings. The number of nitrogens with one attached hydrogen (secondary N) is 1. The lowest BCUT2D eigenvalue weighted by Crippen LogP contribution is -2.20. The fourth-order valence-corrected chi connectivity index (χ4v) is 1.92. The van der Waals surface area contributed by atoms with Gasteiger partial charge in [-0.2, -0.15) is 0 Å². The Morgan fingerprint density at radius 2 is 2.20 bits per heavy atom. The van der Waals surface area contributed by atoms with Gasteiger partial charge in [-0.15, -0.1) is 0 Å². The Labute approximate surface area is 90.2 Å². The van der Waals surface area contributed by atoms with E-state index in [4.69, 9.17) is 4.74 Å². The van der Waals surface area contributed by atoms with Crippen molar-refractivity contribution in [3.63, 3.8) is 0 Å². The summed E-state index contributed by atoms with van der Waals surface area (Å²) < 4.78 is 5.37. The molecule has 0 radical (unpaired) electrons. The Bertz CT molecular complexity index is 335. The summed E-state index contributed by atoms with van der Waals surface area (Å²) >= 11 is 0. The minimum absolute atomic E-state index is 0.258.